The molecule has 1 aromatic carbocycles. The van der Waals surface area contributed by atoms with Gasteiger partial charge in [-0.2, -0.15) is 0 Å². The number of halogens is 2. The molecule has 1 N–H and O–H groups in total. The zero-order valence-corrected chi connectivity index (χ0v) is 25.3. The second-order valence-electron chi connectivity index (χ2n) is 11.7. The maximum Gasteiger partial charge on any atom is 0.251 e. The highest BCUT2D eigenvalue weighted by Crippen LogP contribution is 2.37. The van der Waals surface area contributed by atoms with Crippen LogP contribution < -0.4 is 10.9 Å². The summed E-state index contributed by atoms with van der Waals surface area (Å²) in [5.41, 5.74) is 2.63. The van der Waals surface area contributed by atoms with Gasteiger partial charge in [0.15, 0.2) is 8.32 Å². The van der Waals surface area contributed by atoms with Gasteiger partial charge in [0.1, 0.15) is 5.82 Å². The van der Waals surface area contributed by atoms with Gasteiger partial charge < -0.3 is 19.0 Å². The highest BCUT2D eigenvalue weighted by molar-refractivity contribution is 6.74. The number of hydrogen-bond acceptors (Lipinski definition) is 6. The van der Waals surface area contributed by atoms with E-state index in [9.17, 15) is 9.18 Å². The third-order valence-electron chi connectivity index (χ3n) is 7.82. The number of hydrogen-bond donors (Lipinski definition) is 1. The predicted octanol–water partition coefficient (Wildman–Crippen LogP) is 6.61. The molecule has 0 bridgehead atoms. The highest BCUT2D eigenvalue weighted by Gasteiger charge is 2.38. The lowest BCUT2D eigenvalue weighted by Gasteiger charge is -2.37. The molecule has 0 saturated carbocycles. The zero-order chi connectivity index (χ0) is 28.4. The van der Waals surface area contributed by atoms with Gasteiger partial charge in [-0.1, -0.05) is 38.4 Å². The first-order valence-corrected chi connectivity index (χ1v) is 16.6. The van der Waals surface area contributed by atoms with Crippen LogP contribution in [0.25, 0.3) is 11.3 Å². The molecule has 1 aliphatic heterocycles. The number of aromatic nitrogens is 3. The first kappa shape index (κ1) is 29.4. The Bertz CT molecular complexity index is 1370. The Morgan fingerprint density at radius 2 is 1.95 bits per heavy atom. The minimum Gasteiger partial charge on any atom is -0.414 e. The van der Waals surface area contributed by atoms with Crippen LogP contribution in [-0.4, -0.2) is 48.7 Å². The molecule has 1 aliphatic rings. The first-order valence-electron chi connectivity index (χ1n) is 13.3. The molecule has 0 radical (unpaired) electrons. The molecule has 3 aromatic rings. The fourth-order valence-electron chi connectivity index (χ4n) is 4.28. The average molecular weight is 573 g/mol. The molecule has 1 atom stereocenters. The standard InChI is InChI=1S/C29H38ClFN4O3Si/c1-19-17-32-28(33-22-10-13-37-14-11-22)34-27(19)21-9-12-35(26(36)16-21)25(18-38-39(5,6)29(2,3)4)20-7-8-23(30)24(31)15-20/h7-9,12,15-17,22,25H,10-11,13-14,18H2,1-6H3,(H,32,33,34). The van der Waals surface area contributed by atoms with Crippen molar-refractivity contribution in [1.29, 1.82) is 0 Å². The van der Waals surface area contributed by atoms with Gasteiger partial charge in [0.25, 0.3) is 5.56 Å². The first-order chi connectivity index (χ1) is 18.4. The monoisotopic (exact) mass is 572 g/mol. The van der Waals surface area contributed by atoms with Crippen LogP contribution in [0.1, 0.15) is 50.8 Å². The summed E-state index contributed by atoms with van der Waals surface area (Å²) >= 11 is 5.96. The van der Waals surface area contributed by atoms with Gasteiger partial charge in [-0.3, -0.25) is 4.79 Å². The number of nitrogens with one attached hydrogen (secondary N) is 1. The topological polar surface area (TPSA) is 78.3 Å². The van der Waals surface area contributed by atoms with Gasteiger partial charge in [-0.25, -0.2) is 14.4 Å². The van der Waals surface area contributed by atoms with Crippen LogP contribution in [0.5, 0.6) is 0 Å². The molecule has 1 unspecified atom stereocenters. The molecule has 3 heterocycles. The summed E-state index contributed by atoms with van der Waals surface area (Å²) < 4.78 is 28.0. The molecule has 0 spiro atoms. The molecule has 1 saturated heterocycles. The van der Waals surface area contributed by atoms with Crippen molar-refractivity contribution in [3.8, 4) is 11.3 Å². The number of nitrogens with zero attached hydrogens (tertiary/aromatic N) is 3. The molecule has 10 heteroatoms. The fraction of sp³-hybridized carbons (Fsp3) is 0.483. The van der Waals surface area contributed by atoms with Gasteiger partial charge >= 0.3 is 0 Å². The summed E-state index contributed by atoms with van der Waals surface area (Å²) in [5, 5.41) is 3.41. The lowest BCUT2D eigenvalue weighted by atomic mass is 10.1. The normalized spacial score (nSPS) is 15.8. The largest absolute Gasteiger partial charge is 0.414 e. The molecule has 7 nitrogen and oxygen atoms in total. The van der Waals surface area contributed by atoms with Crippen LogP contribution in [0.4, 0.5) is 10.3 Å². The number of ether oxygens (including phenoxy) is 1. The summed E-state index contributed by atoms with van der Waals surface area (Å²) in [6.45, 7) is 14.4. The Hall–Kier alpha value is -2.59. The highest BCUT2D eigenvalue weighted by atomic mass is 35.5. The molecule has 39 heavy (non-hydrogen) atoms. The SMILES string of the molecule is Cc1cnc(NC2CCOCC2)nc1-c1ccn(C(CO[Si](C)(C)C(C)(C)C)c2ccc(Cl)c(F)c2)c(=O)c1. The van der Waals surface area contributed by atoms with E-state index >= 15 is 0 Å². The second kappa shape index (κ2) is 11.9. The summed E-state index contributed by atoms with van der Waals surface area (Å²) in [7, 11) is -2.14. The third-order valence-corrected chi connectivity index (χ3v) is 12.6. The van der Waals surface area contributed by atoms with Crippen molar-refractivity contribution in [2.75, 3.05) is 25.1 Å². The van der Waals surface area contributed by atoms with Gasteiger partial charge in [0.05, 0.1) is 23.4 Å². The number of anilines is 1. The zero-order valence-electron chi connectivity index (χ0n) is 23.6. The van der Waals surface area contributed by atoms with E-state index in [1.54, 1.807) is 29.1 Å². The summed E-state index contributed by atoms with van der Waals surface area (Å²) in [6.07, 6.45) is 5.29. The number of pyridine rings is 1. The van der Waals surface area contributed by atoms with Crippen molar-refractivity contribution >= 4 is 25.9 Å². The molecular weight excluding hydrogens is 535 g/mol. The molecule has 0 aliphatic carbocycles. The quantitative estimate of drug-likeness (QED) is 0.306. The Morgan fingerprint density at radius 3 is 2.59 bits per heavy atom. The van der Waals surface area contributed by atoms with E-state index in [0.717, 1.165) is 18.4 Å². The van der Waals surface area contributed by atoms with Crippen LogP contribution in [0, 0.1) is 12.7 Å². The van der Waals surface area contributed by atoms with Crippen molar-refractivity contribution in [3.63, 3.8) is 0 Å². The molecule has 0 amide bonds. The van der Waals surface area contributed by atoms with Crippen molar-refractivity contribution in [3.05, 3.63) is 75.0 Å². The van der Waals surface area contributed by atoms with Crippen LogP contribution in [-0.2, 0) is 9.16 Å². The van der Waals surface area contributed by atoms with Crippen molar-refractivity contribution in [2.24, 2.45) is 0 Å². The van der Waals surface area contributed by atoms with Gasteiger partial charge in [-0.05, 0) is 67.2 Å². The Labute approximate surface area is 235 Å². The van der Waals surface area contributed by atoms with Gasteiger partial charge in [-0.15, -0.1) is 0 Å². The third kappa shape index (κ3) is 6.95. The van der Waals surface area contributed by atoms with E-state index in [0.29, 0.717) is 36.0 Å². The van der Waals surface area contributed by atoms with Gasteiger partial charge in [0.2, 0.25) is 5.95 Å². The predicted molar refractivity (Wildman–Crippen MR) is 157 cm³/mol. The van der Waals surface area contributed by atoms with Crippen LogP contribution in [0.3, 0.4) is 0 Å². The van der Waals surface area contributed by atoms with E-state index in [4.69, 9.17) is 25.7 Å². The molecule has 210 valence electrons. The number of rotatable bonds is 8. The minimum atomic E-state index is -2.14. The number of aryl methyl sites for hydroxylation is 1. The summed E-state index contributed by atoms with van der Waals surface area (Å²) in [4.78, 5) is 22.7. The molecule has 1 fully saturated rings. The number of benzene rings is 1. The van der Waals surface area contributed by atoms with Gasteiger partial charge in [0, 0.05) is 43.3 Å². The Kier molecular flexibility index (Phi) is 8.95. The summed E-state index contributed by atoms with van der Waals surface area (Å²) in [6, 6.07) is 7.80. The van der Waals surface area contributed by atoms with Crippen molar-refractivity contribution in [1.82, 2.24) is 14.5 Å². The maximum absolute atomic E-state index is 14.5. The van der Waals surface area contributed by atoms with Crippen LogP contribution >= 0.6 is 11.6 Å². The van der Waals surface area contributed by atoms with Crippen molar-refractivity contribution in [2.45, 2.75) is 70.8 Å². The van der Waals surface area contributed by atoms with E-state index in [1.165, 1.54) is 12.1 Å². The summed E-state index contributed by atoms with van der Waals surface area (Å²) in [5.74, 6) is 0.00120. The maximum atomic E-state index is 14.5. The fourth-order valence-corrected chi connectivity index (χ4v) is 5.41. The van der Waals surface area contributed by atoms with Crippen molar-refractivity contribution < 1.29 is 13.6 Å². The lowest BCUT2D eigenvalue weighted by molar-refractivity contribution is 0.0903. The average Bonchev–Trinajstić information content (AvgIpc) is 2.88. The second-order valence-corrected chi connectivity index (χ2v) is 16.9. The lowest BCUT2D eigenvalue weighted by Crippen LogP contribution is -2.43. The molecule has 2 aromatic heterocycles. The van der Waals surface area contributed by atoms with Crippen LogP contribution in [0.15, 0.2) is 47.5 Å². The molecular formula is C29H38ClFN4O3Si. The molecule has 4 rings (SSSR count). The van der Waals surface area contributed by atoms with Crippen LogP contribution in [0.2, 0.25) is 23.2 Å². The van der Waals surface area contributed by atoms with E-state index in [2.05, 4.69) is 44.2 Å². The van der Waals surface area contributed by atoms with E-state index in [-0.39, 0.29) is 28.3 Å². The smallest absolute Gasteiger partial charge is 0.251 e. The Balaban J connectivity index is 1.67. The van der Waals surface area contributed by atoms with E-state index < -0.39 is 20.2 Å². The van der Waals surface area contributed by atoms with E-state index in [1.807, 2.05) is 13.0 Å². The minimum absolute atomic E-state index is 0.0153. The Morgan fingerprint density at radius 1 is 1.23 bits per heavy atom.